The first-order chi connectivity index (χ1) is 8.65. The zero-order valence-electron chi connectivity index (χ0n) is 9.64. The number of nitrogens with zero attached hydrogens (tertiary/aromatic N) is 2. The molecule has 0 amide bonds. The molecule has 92 valence electrons. The van der Waals surface area contributed by atoms with Gasteiger partial charge in [-0.3, -0.25) is 0 Å². The van der Waals surface area contributed by atoms with E-state index < -0.39 is 0 Å². The molecule has 1 fully saturated rings. The van der Waals surface area contributed by atoms with Crippen LogP contribution >= 0.6 is 28.1 Å². The van der Waals surface area contributed by atoms with Crippen LogP contribution in [0.4, 0.5) is 0 Å². The van der Waals surface area contributed by atoms with Gasteiger partial charge in [0.2, 0.25) is 0 Å². The molecule has 1 heterocycles. The number of rotatable bonds is 3. The number of benzene rings is 1. The lowest BCUT2D eigenvalue weighted by Crippen LogP contribution is -2.09. The van der Waals surface area contributed by atoms with Crippen molar-refractivity contribution in [2.75, 3.05) is 0 Å². The Morgan fingerprint density at radius 1 is 1.39 bits per heavy atom. The van der Waals surface area contributed by atoms with Gasteiger partial charge in [-0.05, 0) is 53.0 Å². The van der Waals surface area contributed by atoms with Gasteiger partial charge >= 0.3 is 0 Å². The van der Waals surface area contributed by atoms with Gasteiger partial charge in [0.15, 0.2) is 0 Å². The van der Waals surface area contributed by atoms with Crippen LogP contribution < -0.4 is 5.73 Å². The molecule has 1 aromatic carbocycles. The zero-order valence-corrected chi connectivity index (χ0v) is 12.0. The number of halogens is 1. The molecule has 0 atom stereocenters. The minimum absolute atomic E-state index is 0.404. The van der Waals surface area contributed by atoms with Crippen molar-refractivity contribution in [2.45, 2.75) is 18.8 Å². The molecule has 18 heavy (non-hydrogen) atoms. The molecule has 0 aliphatic heterocycles. The molecule has 1 saturated carbocycles. The van der Waals surface area contributed by atoms with E-state index >= 15 is 0 Å². The van der Waals surface area contributed by atoms with E-state index in [9.17, 15) is 0 Å². The molecule has 0 radical (unpaired) electrons. The first-order valence-electron chi connectivity index (χ1n) is 5.80. The van der Waals surface area contributed by atoms with E-state index in [0.717, 1.165) is 15.7 Å². The van der Waals surface area contributed by atoms with Gasteiger partial charge in [0.1, 0.15) is 4.99 Å². The molecule has 0 bridgehead atoms. The average Bonchev–Trinajstić information content (AvgIpc) is 3.08. The van der Waals surface area contributed by atoms with Crippen LogP contribution in [0.3, 0.4) is 0 Å². The summed E-state index contributed by atoms with van der Waals surface area (Å²) < 4.78 is 2.83. The highest BCUT2D eigenvalue weighted by atomic mass is 79.9. The Bertz CT molecular complexity index is 616. The van der Waals surface area contributed by atoms with Crippen LogP contribution in [0, 0.1) is 0 Å². The number of thiocarbonyl (C=S) groups is 1. The molecule has 0 unspecified atom stereocenters. The minimum Gasteiger partial charge on any atom is -0.389 e. The molecule has 5 heteroatoms. The second-order valence-electron chi connectivity index (χ2n) is 4.49. The summed E-state index contributed by atoms with van der Waals surface area (Å²) in [4.78, 5) is 0.404. The zero-order chi connectivity index (χ0) is 12.7. The van der Waals surface area contributed by atoms with E-state index in [4.69, 9.17) is 18.0 Å². The van der Waals surface area contributed by atoms with E-state index in [2.05, 4.69) is 27.1 Å². The van der Waals surface area contributed by atoms with Crippen LogP contribution in [-0.4, -0.2) is 14.8 Å². The number of nitrogens with two attached hydrogens (primary N) is 1. The quantitative estimate of drug-likeness (QED) is 0.883. The maximum Gasteiger partial charge on any atom is 0.104 e. The number of aromatic nitrogens is 2. The molecule has 0 saturated heterocycles. The maximum atomic E-state index is 5.61. The lowest BCUT2D eigenvalue weighted by atomic mass is 10.2. The predicted octanol–water partition coefficient (Wildman–Crippen LogP) is 3.15. The van der Waals surface area contributed by atoms with Crippen molar-refractivity contribution < 1.29 is 0 Å². The first kappa shape index (κ1) is 11.9. The first-order valence-corrected chi connectivity index (χ1v) is 7.00. The molecule has 1 aliphatic carbocycles. The lowest BCUT2D eigenvalue weighted by molar-refractivity contribution is 0.834. The molecular weight excluding hydrogens is 310 g/mol. The molecule has 3 nitrogen and oxygen atoms in total. The summed E-state index contributed by atoms with van der Waals surface area (Å²) in [5, 5.41) is 4.60. The third-order valence-electron chi connectivity index (χ3n) is 3.08. The third-order valence-corrected chi connectivity index (χ3v) is 3.96. The summed E-state index contributed by atoms with van der Waals surface area (Å²) in [5.74, 6) is 0.668. The van der Waals surface area contributed by atoms with E-state index in [1.165, 1.54) is 18.5 Å². The minimum atomic E-state index is 0.404. The van der Waals surface area contributed by atoms with Crippen molar-refractivity contribution in [1.29, 1.82) is 0 Å². The largest absolute Gasteiger partial charge is 0.389 e. The third kappa shape index (κ3) is 2.20. The maximum absolute atomic E-state index is 5.61. The molecule has 3 rings (SSSR count). The van der Waals surface area contributed by atoms with E-state index in [0.29, 0.717) is 10.9 Å². The van der Waals surface area contributed by atoms with Gasteiger partial charge in [-0.1, -0.05) is 12.2 Å². The van der Waals surface area contributed by atoms with Gasteiger partial charge in [-0.25, -0.2) is 4.68 Å². The fourth-order valence-corrected chi connectivity index (χ4v) is 2.60. The van der Waals surface area contributed by atoms with Crippen molar-refractivity contribution in [1.82, 2.24) is 9.78 Å². The second kappa shape index (κ2) is 4.48. The fourth-order valence-electron chi connectivity index (χ4n) is 1.91. The summed E-state index contributed by atoms with van der Waals surface area (Å²) in [6.45, 7) is 0. The standard InChI is InChI=1S/C13H12BrN3S/c14-10-7-9(13(15)18)3-4-12(10)17-6-5-11(16-17)8-1-2-8/h3-8H,1-2H2,(H2,15,18). The van der Waals surface area contributed by atoms with E-state index in [1.807, 2.05) is 29.1 Å². The number of hydrogen-bond donors (Lipinski definition) is 1. The SMILES string of the molecule is NC(=S)c1ccc(-n2ccc(C3CC3)n2)c(Br)c1. The molecule has 1 aliphatic rings. The Labute approximate surface area is 119 Å². The predicted molar refractivity (Wildman–Crippen MR) is 79.1 cm³/mol. The fraction of sp³-hybridized carbons (Fsp3) is 0.231. The highest BCUT2D eigenvalue weighted by Gasteiger charge is 2.26. The highest BCUT2D eigenvalue weighted by molar-refractivity contribution is 9.10. The highest BCUT2D eigenvalue weighted by Crippen LogP contribution is 2.39. The van der Waals surface area contributed by atoms with Gasteiger partial charge in [-0.2, -0.15) is 5.10 Å². The van der Waals surface area contributed by atoms with Crippen molar-refractivity contribution in [3.8, 4) is 5.69 Å². The normalized spacial score (nSPS) is 14.7. The summed E-state index contributed by atoms with van der Waals surface area (Å²) >= 11 is 8.50. The van der Waals surface area contributed by atoms with Crippen molar-refractivity contribution in [2.24, 2.45) is 5.73 Å². The summed E-state index contributed by atoms with van der Waals surface area (Å²) in [6, 6.07) is 7.91. The Hall–Kier alpha value is -1.20. The van der Waals surface area contributed by atoms with Crippen LogP contribution in [0.5, 0.6) is 0 Å². The van der Waals surface area contributed by atoms with Gasteiger partial charge in [-0.15, -0.1) is 0 Å². The average molecular weight is 322 g/mol. The van der Waals surface area contributed by atoms with Crippen LogP contribution in [0.15, 0.2) is 34.9 Å². The summed E-state index contributed by atoms with van der Waals surface area (Å²) in [5.41, 5.74) is 8.65. The van der Waals surface area contributed by atoms with Crippen LogP contribution in [0.2, 0.25) is 0 Å². The van der Waals surface area contributed by atoms with Crippen molar-refractivity contribution >= 4 is 33.1 Å². The molecular formula is C13H12BrN3S. The Balaban J connectivity index is 1.97. The molecule has 2 N–H and O–H groups in total. The van der Waals surface area contributed by atoms with Crippen molar-refractivity contribution in [3.05, 3.63) is 46.2 Å². The Kier molecular flexibility index (Phi) is 2.95. The van der Waals surface area contributed by atoms with Gasteiger partial charge in [0.05, 0.1) is 11.4 Å². The molecule has 1 aromatic heterocycles. The monoisotopic (exact) mass is 321 g/mol. The Morgan fingerprint density at radius 3 is 2.78 bits per heavy atom. The van der Waals surface area contributed by atoms with Gasteiger partial charge < -0.3 is 5.73 Å². The van der Waals surface area contributed by atoms with Gasteiger partial charge in [0.25, 0.3) is 0 Å². The number of hydrogen-bond acceptors (Lipinski definition) is 2. The van der Waals surface area contributed by atoms with Crippen molar-refractivity contribution in [3.63, 3.8) is 0 Å². The van der Waals surface area contributed by atoms with Crippen LogP contribution in [-0.2, 0) is 0 Å². The van der Waals surface area contributed by atoms with Gasteiger partial charge in [0, 0.05) is 22.2 Å². The Morgan fingerprint density at radius 2 is 2.17 bits per heavy atom. The van der Waals surface area contributed by atoms with E-state index in [-0.39, 0.29) is 0 Å². The van der Waals surface area contributed by atoms with Crippen LogP contribution in [0.25, 0.3) is 5.69 Å². The second-order valence-corrected chi connectivity index (χ2v) is 5.78. The summed E-state index contributed by atoms with van der Waals surface area (Å²) in [7, 11) is 0. The topological polar surface area (TPSA) is 43.8 Å². The van der Waals surface area contributed by atoms with E-state index in [1.54, 1.807) is 0 Å². The lowest BCUT2D eigenvalue weighted by Gasteiger charge is -2.06. The van der Waals surface area contributed by atoms with Crippen LogP contribution in [0.1, 0.15) is 30.0 Å². The smallest absolute Gasteiger partial charge is 0.104 e. The summed E-state index contributed by atoms with van der Waals surface area (Å²) in [6.07, 6.45) is 4.52. The molecule has 0 spiro atoms. The molecule has 2 aromatic rings.